The molecule has 1 aromatic rings. The Hall–Kier alpha value is -1.11. The van der Waals surface area contributed by atoms with E-state index >= 15 is 0 Å². The van der Waals surface area contributed by atoms with Gasteiger partial charge in [0.1, 0.15) is 0 Å². The summed E-state index contributed by atoms with van der Waals surface area (Å²) in [4.78, 5) is 2.49. The molecule has 0 saturated carbocycles. The van der Waals surface area contributed by atoms with Crippen LogP contribution in [0, 0.1) is 6.92 Å². The molecule has 2 N–H and O–H groups in total. The number of nitrogens with two attached hydrogens (primary N) is 1. The van der Waals surface area contributed by atoms with E-state index in [0.29, 0.717) is 29.2 Å². The topological polar surface area (TPSA) is 66.6 Å². The van der Waals surface area contributed by atoms with Gasteiger partial charge in [0, 0.05) is 31.4 Å². The number of anilines is 1. The number of hydrogen-bond acceptors (Lipinski definition) is 4. The van der Waals surface area contributed by atoms with Crippen LogP contribution in [0.4, 0.5) is 5.69 Å². The normalized spacial score (nSPS) is 22.6. The van der Waals surface area contributed by atoms with Gasteiger partial charge in [0.15, 0.2) is 0 Å². The van der Waals surface area contributed by atoms with Gasteiger partial charge < -0.3 is 10.6 Å². The Morgan fingerprint density at radius 2 is 2.00 bits per heavy atom. The maximum atomic E-state index is 12.7. The SMILES string of the molecule is Cc1c(N)cccc1S(=O)(=O)N1CCN(C)C(C)C1. The first-order valence-electron chi connectivity index (χ1n) is 6.39. The zero-order valence-corrected chi connectivity index (χ0v) is 12.4. The van der Waals surface area contributed by atoms with Crippen LogP contribution in [0.25, 0.3) is 0 Å². The lowest BCUT2D eigenvalue weighted by molar-refractivity contribution is 0.159. The molecule has 0 aliphatic carbocycles. The van der Waals surface area contributed by atoms with Gasteiger partial charge in [-0.15, -0.1) is 0 Å². The molecule has 1 aromatic carbocycles. The molecule has 2 rings (SSSR count). The predicted octanol–water partition coefficient (Wildman–Crippen LogP) is 0.902. The number of benzene rings is 1. The van der Waals surface area contributed by atoms with Crippen molar-refractivity contribution in [3.8, 4) is 0 Å². The summed E-state index contributed by atoms with van der Waals surface area (Å²) in [6.07, 6.45) is 0. The van der Waals surface area contributed by atoms with Crippen molar-refractivity contribution in [2.45, 2.75) is 24.8 Å². The molecule has 1 heterocycles. The predicted molar refractivity (Wildman–Crippen MR) is 76.4 cm³/mol. The van der Waals surface area contributed by atoms with E-state index in [1.165, 1.54) is 0 Å². The van der Waals surface area contributed by atoms with E-state index in [2.05, 4.69) is 4.90 Å². The average molecular weight is 283 g/mol. The van der Waals surface area contributed by atoms with Gasteiger partial charge in [0.05, 0.1) is 4.90 Å². The number of piperazine rings is 1. The lowest BCUT2D eigenvalue weighted by Gasteiger charge is -2.37. The van der Waals surface area contributed by atoms with Crippen molar-refractivity contribution in [3.05, 3.63) is 23.8 Å². The first kappa shape index (κ1) is 14.3. The number of sulfonamides is 1. The first-order chi connectivity index (χ1) is 8.84. The van der Waals surface area contributed by atoms with Gasteiger partial charge in [-0.05, 0) is 38.6 Å². The molecular formula is C13H21N3O2S. The Morgan fingerprint density at radius 3 is 2.63 bits per heavy atom. The van der Waals surface area contributed by atoms with Crippen LogP contribution in [0.2, 0.25) is 0 Å². The lowest BCUT2D eigenvalue weighted by atomic mass is 10.2. The summed E-state index contributed by atoms with van der Waals surface area (Å²) in [5, 5.41) is 0. The summed E-state index contributed by atoms with van der Waals surface area (Å²) in [7, 11) is -1.43. The van der Waals surface area contributed by atoms with Gasteiger partial charge in [-0.2, -0.15) is 4.31 Å². The Balaban J connectivity index is 2.35. The minimum Gasteiger partial charge on any atom is -0.398 e. The van der Waals surface area contributed by atoms with Crippen LogP contribution in [-0.2, 0) is 10.0 Å². The minimum atomic E-state index is -3.44. The van der Waals surface area contributed by atoms with Gasteiger partial charge in [0.2, 0.25) is 10.0 Å². The summed E-state index contributed by atoms with van der Waals surface area (Å²) < 4.78 is 26.9. The number of hydrogen-bond donors (Lipinski definition) is 1. The quantitative estimate of drug-likeness (QED) is 0.819. The third-order valence-corrected chi connectivity index (χ3v) is 5.88. The lowest BCUT2D eigenvalue weighted by Crippen LogP contribution is -2.51. The number of rotatable bonds is 2. The molecule has 5 nitrogen and oxygen atoms in total. The standard InChI is InChI=1S/C13H21N3O2S/c1-10-9-16(8-7-15(10)3)19(17,18)13-6-4-5-12(14)11(13)2/h4-6,10H,7-9,14H2,1-3H3. The van der Waals surface area contributed by atoms with Crippen LogP contribution < -0.4 is 5.73 Å². The van der Waals surface area contributed by atoms with Crippen LogP contribution >= 0.6 is 0 Å². The van der Waals surface area contributed by atoms with E-state index in [1.807, 2.05) is 14.0 Å². The second kappa shape index (κ2) is 5.11. The van der Waals surface area contributed by atoms with Crippen LogP contribution in [0.5, 0.6) is 0 Å². The fraction of sp³-hybridized carbons (Fsp3) is 0.538. The van der Waals surface area contributed by atoms with Gasteiger partial charge in [0.25, 0.3) is 0 Å². The molecule has 106 valence electrons. The zero-order valence-electron chi connectivity index (χ0n) is 11.6. The molecule has 1 atom stereocenters. The Bertz CT molecular complexity index is 571. The van der Waals surface area contributed by atoms with Crippen molar-refractivity contribution in [1.82, 2.24) is 9.21 Å². The van der Waals surface area contributed by atoms with Gasteiger partial charge in [-0.25, -0.2) is 8.42 Å². The highest BCUT2D eigenvalue weighted by Gasteiger charge is 2.31. The van der Waals surface area contributed by atoms with Crippen molar-refractivity contribution >= 4 is 15.7 Å². The molecule has 0 spiro atoms. The molecule has 6 heteroatoms. The van der Waals surface area contributed by atoms with Crippen molar-refractivity contribution < 1.29 is 8.42 Å². The van der Waals surface area contributed by atoms with Crippen LogP contribution in [0.1, 0.15) is 12.5 Å². The van der Waals surface area contributed by atoms with Gasteiger partial charge in [-0.1, -0.05) is 6.07 Å². The van der Waals surface area contributed by atoms with Crippen molar-refractivity contribution in [2.75, 3.05) is 32.4 Å². The summed E-state index contributed by atoms with van der Waals surface area (Å²) in [5.41, 5.74) is 6.96. The molecule has 1 unspecified atom stereocenters. The average Bonchev–Trinajstić information content (AvgIpc) is 2.35. The van der Waals surface area contributed by atoms with Crippen LogP contribution in [0.15, 0.2) is 23.1 Å². The maximum Gasteiger partial charge on any atom is 0.243 e. The summed E-state index contributed by atoms with van der Waals surface area (Å²) >= 11 is 0. The van der Waals surface area contributed by atoms with E-state index in [1.54, 1.807) is 29.4 Å². The molecule has 1 fully saturated rings. The molecule has 0 radical (unpaired) electrons. The highest BCUT2D eigenvalue weighted by molar-refractivity contribution is 7.89. The molecular weight excluding hydrogens is 262 g/mol. The summed E-state index contributed by atoms with van der Waals surface area (Å²) in [5.74, 6) is 0. The molecule has 1 saturated heterocycles. The third-order valence-electron chi connectivity index (χ3n) is 3.87. The number of nitrogens with zero attached hydrogens (tertiary/aromatic N) is 2. The zero-order chi connectivity index (χ0) is 14.2. The minimum absolute atomic E-state index is 0.227. The first-order valence-corrected chi connectivity index (χ1v) is 7.83. The van der Waals surface area contributed by atoms with E-state index in [9.17, 15) is 8.42 Å². The number of nitrogen functional groups attached to an aromatic ring is 1. The van der Waals surface area contributed by atoms with Crippen molar-refractivity contribution in [2.24, 2.45) is 0 Å². The number of likely N-dealkylation sites (N-methyl/N-ethyl adjacent to an activating group) is 1. The van der Waals surface area contributed by atoms with Gasteiger partial charge in [-0.3, -0.25) is 0 Å². The van der Waals surface area contributed by atoms with Crippen molar-refractivity contribution in [1.29, 1.82) is 0 Å². The molecule has 0 bridgehead atoms. The molecule has 0 aromatic heterocycles. The van der Waals surface area contributed by atoms with E-state index in [-0.39, 0.29) is 6.04 Å². The van der Waals surface area contributed by atoms with E-state index in [0.717, 1.165) is 6.54 Å². The third kappa shape index (κ3) is 2.61. The second-order valence-corrected chi connectivity index (χ2v) is 7.07. The molecule has 19 heavy (non-hydrogen) atoms. The second-order valence-electron chi connectivity index (χ2n) is 5.16. The largest absolute Gasteiger partial charge is 0.398 e. The highest BCUT2D eigenvalue weighted by Crippen LogP contribution is 2.25. The maximum absolute atomic E-state index is 12.7. The Morgan fingerprint density at radius 1 is 1.32 bits per heavy atom. The molecule has 0 amide bonds. The van der Waals surface area contributed by atoms with Gasteiger partial charge >= 0.3 is 0 Å². The summed E-state index contributed by atoms with van der Waals surface area (Å²) in [6.45, 7) is 5.59. The summed E-state index contributed by atoms with van der Waals surface area (Å²) in [6, 6.07) is 5.27. The molecule has 1 aliphatic rings. The molecule has 1 aliphatic heterocycles. The Kier molecular flexibility index (Phi) is 3.85. The van der Waals surface area contributed by atoms with Crippen molar-refractivity contribution in [3.63, 3.8) is 0 Å². The Labute approximate surface area is 115 Å². The van der Waals surface area contributed by atoms with Crippen LogP contribution in [0.3, 0.4) is 0 Å². The van der Waals surface area contributed by atoms with E-state index in [4.69, 9.17) is 5.73 Å². The fourth-order valence-corrected chi connectivity index (χ4v) is 4.05. The monoisotopic (exact) mass is 283 g/mol. The fourth-order valence-electron chi connectivity index (χ4n) is 2.28. The highest BCUT2D eigenvalue weighted by atomic mass is 32.2. The van der Waals surface area contributed by atoms with Crippen LogP contribution in [-0.4, -0.2) is 50.3 Å². The smallest absolute Gasteiger partial charge is 0.243 e. The van der Waals surface area contributed by atoms with E-state index < -0.39 is 10.0 Å².